The fraction of sp³-hybridized carbons (Fsp3) is 0.583. The number of halogens is 1. The van der Waals surface area contributed by atoms with Crippen molar-refractivity contribution in [1.29, 1.82) is 0 Å². The Labute approximate surface area is 114 Å². The number of carbonyl (C=O) groups excluding carboxylic acids is 1. The largest absolute Gasteiger partial charge is 0.469 e. The summed E-state index contributed by atoms with van der Waals surface area (Å²) in [5, 5.41) is 2.05. The van der Waals surface area contributed by atoms with Gasteiger partial charge in [0, 0.05) is 14.7 Å². The molecule has 0 spiro atoms. The predicted octanol–water partition coefficient (Wildman–Crippen LogP) is 3.07. The highest BCUT2D eigenvalue weighted by molar-refractivity contribution is 9.10. The smallest absolute Gasteiger partial charge is 0.313 e. The molecule has 0 amide bonds. The summed E-state index contributed by atoms with van der Waals surface area (Å²) in [4.78, 5) is 15.3. The molecule has 2 rings (SSSR count). The molecule has 1 fully saturated rings. The molecule has 1 saturated carbocycles. The van der Waals surface area contributed by atoms with Crippen molar-refractivity contribution in [3.63, 3.8) is 0 Å². The lowest BCUT2D eigenvalue weighted by molar-refractivity contribution is -0.149. The molecule has 1 aliphatic carbocycles. The molecule has 1 unspecified atom stereocenters. The zero-order chi connectivity index (χ0) is 12.6. The lowest BCUT2D eigenvalue weighted by atomic mass is 9.94. The lowest BCUT2D eigenvalue weighted by Gasteiger charge is -2.30. The first-order chi connectivity index (χ1) is 8.01. The van der Waals surface area contributed by atoms with Crippen molar-refractivity contribution in [1.82, 2.24) is 4.90 Å². The third kappa shape index (κ3) is 2.28. The molecule has 0 saturated heterocycles. The van der Waals surface area contributed by atoms with Gasteiger partial charge in [-0.2, -0.15) is 0 Å². The Morgan fingerprint density at radius 3 is 2.59 bits per heavy atom. The Bertz CT molecular complexity index is 426. The summed E-state index contributed by atoms with van der Waals surface area (Å²) in [6, 6.07) is 2.21. The van der Waals surface area contributed by atoms with Gasteiger partial charge in [0.25, 0.3) is 0 Å². The maximum atomic E-state index is 12.0. The summed E-state index contributed by atoms with van der Waals surface area (Å²) in [6.07, 6.45) is 1.83. The summed E-state index contributed by atoms with van der Waals surface area (Å²) in [5.74, 6) is -0.0827. The van der Waals surface area contributed by atoms with E-state index in [0.29, 0.717) is 0 Å². The van der Waals surface area contributed by atoms with Crippen molar-refractivity contribution in [3.8, 4) is 0 Å². The standard InChI is InChI=1S/C12H16BrNO2S/c1-14(2)10(9-6-8(13)7-17-9)12(4-5-12)11(15)16-3/h6-7,10H,4-5H2,1-3H3. The van der Waals surface area contributed by atoms with Gasteiger partial charge in [0.2, 0.25) is 0 Å². The van der Waals surface area contributed by atoms with Gasteiger partial charge in [-0.3, -0.25) is 4.79 Å². The summed E-state index contributed by atoms with van der Waals surface area (Å²) in [5.41, 5.74) is -0.331. The second kappa shape index (κ2) is 4.71. The van der Waals surface area contributed by atoms with Crippen LogP contribution in [0.1, 0.15) is 23.8 Å². The fourth-order valence-corrected chi connectivity index (χ4v) is 4.18. The van der Waals surface area contributed by atoms with Crippen LogP contribution in [0.2, 0.25) is 0 Å². The number of methoxy groups -OCH3 is 1. The zero-order valence-corrected chi connectivity index (χ0v) is 12.6. The van der Waals surface area contributed by atoms with Gasteiger partial charge < -0.3 is 9.64 Å². The number of hydrogen-bond donors (Lipinski definition) is 0. The molecule has 1 aliphatic rings. The van der Waals surface area contributed by atoms with Crippen LogP contribution in [0.5, 0.6) is 0 Å². The number of rotatable bonds is 4. The molecule has 94 valence electrons. The van der Waals surface area contributed by atoms with Crippen LogP contribution in [0.4, 0.5) is 0 Å². The van der Waals surface area contributed by atoms with E-state index < -0.39 is 0 Å². The molecule has 1 atom stereocenters. The normalized spacial score (nSPS) is 19.1. The quantitative estimate of drug-likeness (QED) is 0.799. The average molecular weight is 318 g/mol. The van der Waals surface area contributed by atoms with E-state index >= 15 is 0 Å². The highest BCUT2D eigenvalue weighted by Gasteiger charge is 2.58. The number of ether oxygens (including phenoxy) is 1. The van der Waals surface area contributed by atoms with Crippen molar-refractivity contribution >= 4 is 33.2 Å². The molecule has 3 nitrogen and oxygen atoms in total. The van der Waals surface area contributed by atoms with E-state index in [9.17, 15) is 4.79 Å². The number of nitrogens with zero attached hydrogens (tertiary/aromatic N) is 1. The maximum absolute atomic E-state index is 12.0. The van der Waals surface area contributed by atoms with Gasteiger partial charge in [0.05, 0.1) is 18.6 Å². The topological polar surface area (TPSA) is 29.5 Å². The third-order valence-electron chi connectivity index (χ3n) is 3.28. The van der Waals surface area contributed by atoms with E-state index in [1.165, 1.54) is 12.0 Å². The number of hydrogen-bond acceptors (Lipinski definition) is 4. The van der Waals surface area contributed by atoms with Crippen LogP contribution < -0.4 is 0 Å². The van der Waals surface area contributed by atoms with E-state index in [0.717, 1.165) is 17.3 Å². The van der Waals surface area contributed by atoms with Crippen LogP contribution in [0.15, 0.2) is 15.9 Å². The molecular weight excluding hydrogens is 302 g/mol. The number of thiophene rings is 1. The van der Waals surface area contributed by atoms with Crippen molar-refractivity contribution < 1.29 is 9.53 Å². The van der Waals surface area contributed by atoms with E-state index in [1.54, 1.807) is 11.3 Å². The van der Waals surface area contributed by atoms with Gasteiger partial charge >= 0.3 is 5.97 Å². The Kier molecular flexibility index (Phi) is 3.61. The molecule has 0 aliphatic heterocycles. The Morgan fingerprint density at radius 1 is 1.59 bits per heavy atom. The minimum atomic E-state index is -0.331. The number of carbonyl (C=O) groups is 1. The van der Waals surface area contributed by atoms with Crippen molar-refractivity contribution in [2.45, 2.75) is 18.9 Å². The Hall–Kier alpha value is -0.390. The van der Waals surface area contributed by atoms with E-state index in [4.69, 9.17) is 4.74 Å². The second-order valence-electron chi connectivity index (χ2n) is 4.68. The van der Waals surface area contributed by atoms with E-state index in [1.807, 2.05) is 14.1 Å². The molecule has 1 aromatic heterocycles. The van der Waals surface area contributed by atoms with Crippen LogP contribution >= 0.6 is 27.3 Å². The molecule has 0 bridgehead atoms. The molecular formula is C12H16BrNO2S. The van der Waals surface area contributed by atoms with Crippen molar-refractivity contribution in [2.24, 2.45) is 5.41 Å². The highest BCUT2D eigenvalue weighted by atomic mass is 79.9. The Morgan fingerprint density at radius 2 is 2.24 bits per heavy atom. The fourth-order valence-electron chi connectivity index (χ4n) is 2.42. The van der Waals surface area contributed by atoms with Crippen LogP contribution in [0.25, 0.3) is 0 Å². The molecule has 0 aromatic carbocycles. The van der Waals surface area contributed by atoms with Gasteiger partial charge in [-0.25, -0.2) is 0 Å². The first-order valence-corrected chi connectivity index (χ1v) is 7.17. The summed E-state index contributed by atoms with van der Waals surface area (Å²) < 4.78 is 6.04. The average Bonchev–Trinajstić information content (AvgIpc) is 2.95. The van der Waals surface area contributed by atoms with Crippen molar-refractivity contribution in [2.75, 3.05) is 21.2 Å². The third-order valence-corrected chi connectivity index (χ3v) is 5.02. The van der Waals surface area contributed by atoms with Crippen LogP contribution in [-0.4, -0.2) is 32.1 Å². The summed E-state index contributed by atoms with van der Waals surface area (Å²) in [6.45, 7) is 0. The minimum Gasteiger partial charge on any atom is -0.469 e. The van der Waals surface area contributed by atoms with E-state index in [2.05, 4.69) is 32.3 Å². The Balaban J connectivity index is 2.34. The second-order valence-corrected chi connectivity index (χ2v) is 6.54. The molecule has 5 heteroatoms. The predicted molar refractivity (Wildman–Crippen MR) is 72.1 cm³/mol. The first kappa shape index (κ1) is 13.1. The lowest BCUT2D eigenvalue weighted by Crippen LogP contribution is -2.34. The minimum absolute atomic E-state index is 0.0827. The zero-order valence-electron chi connectivity index (χ0n) is 10.2. The van der Waals surface area contributed by atoms with Gasteiger partial charge in [0.15, 0.2) is 0 Å². The van der Waals surface area contributed by atoms with Gasteiger partial charge in [0.1, 0.15) is 0 Å². The maximum Gasteiger partial charge on any atom is 0.313 e. The highest BCUT2D eigenvalue weighted by Crippen LogP contribution is 2.58. The molecule has 0 N–H and O–H groups in total. The van der Waals surface area contributed by atoms with Crippen molar-refractivity contribution in [3.05, 3.63) is 20.8 Å². The number of esters is 1. The van der Waals surface area contributed by atoms with E-state index in [-0.39, 0.29) is 17.4 Å². The van der Waals surface area contributed by atoms with Crippen LogP contribution in [0, 0.1) is 5.41 Å². The molecule has 1 aromatic rings. The SMILES string of the molecule is COC(=O)C1(C(c2cc(Br)cs2)N(C)C)CC1. The molecule has 1 heterocycles. The van der Waals surface area contributed by atoms with Gasteiger partial charge in [-0.1, -0.05) is 0 Å². The first-order valence-electron chi connectivity index (χ1n) is 5.50. The van der Waals surface area contributed by atoms with Crippen LogP contribution in [0.3, 0.4) is 0 Å². The molecule has 0 radical (unpaired) electrons. The molecule has 17 heavy (non-hydrogen) atoms. The monoisotopic (exact) mass is 317 g/mol. The van der Waals surface area contributed by atoms with Gasteiger partial charge in [-0.15, -0.1) is 11.3 Å². The summed E-state index contributed by atoms with van der Waals surface area (Å²) in [7, 11) is 5.50. The van der Waals surface area contributed by atoms with Gasteiger partial charge in [-0.05, 0) is 48.9 Å². The van der Waals surface area contributed by atoms with Crippen LogP contribution in [-0.2, 0) is 9.53 Å². The summed E-state index contributed by atoms with van der Waals surface area (Å²) >= 11 is 5.15.